The fourth-order valence-electron chi connectivity index (χ4n) is 1.57. The van der Waals surface area contributed by atoms with Crippen molar-refractivity contribution < 1.29 is 4.74 Å². The SMILES string of the molecule is CCCCCCCCCOCC(C)(N)CC. The maximum Gasteiger partial charge on any atom is 0.0643 e. The van der Waals surface area contributed by atoms with Gasteiger partial charge in [-0.15, -0.1) is 0 Å². The van der Waals surface area contributed by atoms with E-state index in [4.69, 9.17) is 10.5 Å². The van der Waals surface area contributed by atoms with Gasteiger partial charge in [-0.1, -0.05) is 52.4 Å². The summed E-state index contributed by atoms with van der Waals surface area (Å²) in [6.45, 7) is 7.99. The summed E-state index contributed by atoms with van der Waals surface area (Å²) >= 11 is 0. The predicted molar refractivity (Wildman–Crippen MR) is 71.7 cm³/mol. The van der Waals surface area contributed by atoms with Gasteiger partial charge in [0.25, 0.3) is 0 Å². The van der Waals surface area contributed by atoms with Crippen LogP contribution < -0.4 is 5.73 Å². The van der Waals surface area contributed by atoms with Crippen LogP contribution in [0, 0.1) is 0 Å². The lowest BCUT2D eigenvalue weighted by Crippen LogP contribution is -2.40. The molecule has 2 nitrogen and oxygen atoms in total. The van der Waals surface area contributed by atoms with Crippen LogP contribution in [0.2, 0.25) is 0 Å². The predicted octanol–water partition coefficient (Wildman–Crippen LogP) is 3.88. The van der Waals surface area contributed by atoms with Crippen LogP contribution in [0.15, 0.2) is 0 Å². The smallest absolute Gasteiger partial charge is 0.0643 e. The van der Waals surface area contributed by atoms with E-state index >= 15 is 0 Å². The lowest BCUT2D eigenvalue weighted by atomic mass is 10.0. The van der Waals surface area contributed by atoms with E-state index < -0.39 is 0 Å². The highest BCUT2D eigenvalue weighted by atomic mass is 16.5. The van der Waals surface area contributed by atoms with Crippen LogP contribution in [0.1, 0.15) is 72.1 Å². The summed E-state index contributed by atoms with van der Waals surface area (Å²) in [4.78, 5) is 0. The molecule has 0 aromatic carbocycles. The lowest BCUT2D eigenvalue weighted by molar-refractivity contribution is 0.0865. The van der Waals surface area contributed by atoms with E-state index in [2.05, 4.69) is 20.8 Å². The zero-order chi connectivity index (χ0) is 12.3. The van der Waals surface area contributed by atoms with Crippen LogP contribution in [-0.4, -0.2) is 18.8 Å². The largest absolute Gasteiger partial charge is 0.380 e. The maximum absolute atomic E-state index is 5.99. The summed E-state index contributed by atoms with van der Waals surface area (Å²) in [6, 6.07) is 0. The van der Waals surface area contributed by atoms with E-state index in [-0.39, 0.29) is 5.54 Å². The third-order valence-electron chi connectivity index (χ3n) is 3.13. The molecule has 2 heteroatoms. The van der Waals surface area contributed by atoms with E-state index in [0.717, 1.165) is 13.0 Å². The van der Waals surface area contributed by atoms with Crippen molar-refractivity contribution in [1.82, 2.24) is 0 Å². The molecule has 0 spiro atoms. The van der Waals surface area contributed by atoms with Crippen molar-refractivity contribution >= 4 is 0 Å². The lowest BCUT2D eigenvalue weighted by Gasteiger charge is -2.22. The van der Waals surface area contributed by atoms with E-state index in [0.29, 0.717) is 6.61 Å². The molecule has 16 heavy (non-hydrogen) atoms. The second-order valence-corrected chi connectivity index (χ2v) is 5.18. The number of nitrogens with two attached hydrogens (primary N) is 1. The number of ether oxygens (including phenoxy) is 1. The standard InChI is InChI=1S/C14H31NO/c1-4-6-7-8-9-10-11-12-16-13-14(3,15)5-2/h4-13,15H2,1-3H3. The summed E-state index contributed by atoms with van der Waals surface area (Å²) < 4.78 is 5.59. The van der Waals surface area contributed by atoms with Crippen molar-refractivity contribution in [3.05, 3.63) is 0 Å². The minimum absolute atomic E-state index is 0.138. The zero-order valence-corrected chi connectivity index (χ0v) is 11.6. The van der Waals surface area contributed by atoms with Gasteiger partial charge in [0, 0.05) is 12.1 Å². The van der Waals surface area contributed by atoms with E-state index in [1.807, 2.05) is 0 Å². The third kappa shape index (κ3) is 10.4. The molecule has 0 aliphatic heterocycles. The Labute approximate surface area is 102 Å². The Balaban J connectivity index is 3.10. The highest BCUT2D eigenvalue weighted by Gasteiger charge is 2.14. The number of hydrogen-bond donors (Lipinski definition) is 1. The molecule has 0 aliphatic carbocycles. The van der Waals surface area contributed by atoms with Crippen molar-refractivity contribution in [1.29, 1.82) is 0 Å². The first-order valence-electron chi connectivity index (χ1n) is 6.99. The van der Waals surface area contributed by atoms with E-state index in [1.165, 1.54) is 44.9 Å². The Morgan fingerprint density at radius 1 is 0.938 bits per heavy atom. The van der Waals surface area contributed by atoms with Crippen molar-refractivity contribution in [2.24, 2.45) is 5.73 Å². The second kappa shape index (κ2) is 10.1. The van der Waals surface area contributed by atoms with Gasteiger partial charge in [0.2, 0.25) is 0 Å². The number of unbranched alkanes of at least 4 members (excludes halogenated alkanes) is 6. The summed E-state index contributed by atoms with van der Waals surface area (Å²) in [7, 11) is 0. The Bertz CT molecular complexity index is 146. The van der Waals surface area contributed by atoms with Crippen LogP contribution >= 0.6 is 0 Å². The molecule has 0 aromatic rings. The summed E-state index contributed by atoms with van der Waals surface area (Å²) in [5, 5.41) is 0. The molecule has 0 heterocycles. The summed E-state index contributed by atoms with van der Waals surface area (Å²) in [5.74, 6) is 0. The fourth-order valence-corrected chi connectivity index (χ4v) is 1.57. The van der Waals surface area contributed by atoms with Gasteiger partial charge in [0.05, 0.1) is 6.61 Å². The van der Waals surface area contributed by atoms with Gasteiger partial charge < -0.3 is 10.5 Å². The van der Waals surface area contributed by atoms with Gasteiger partial charge in [-0.25, -0.2) is 0 Å². The molecule has 1 unspecified atom stereocenters. The van der Waals surface area contributed by atoms with Gasteiger partial charge in [0.15, 0.2) is 0 Å². The summed E-state index contributed by atoms with van der Waals surface area (Å²) in [6.07, 6.45) is 10.3. The average Bonchev–Trinajstić information content (AvgIpc) is 2.27. The minimum atomic E-state index is -0.138. The molecule has 0 fully saturated rings. The Morgan fingerprint density at radius 2 is 1.50 bits per heavy atom. The van der Waals surface area contributed by atoms with Crippen molar-refractivity contribution in [2.75, 3.05) is 13.2 Å². The Hall–Kier alpha value is -0.0800. The molecule has 0 radical (unpaired) electrons. The first kappa shape index (κ1) is 15.9. The second-order valence-electron chi connectivity index (χ2n) is 5.18. The van der Waals surface area contributed by atoms with Crippen LogP contribution in [0.4, 0.5) is 0 Å². The van der Waals surface area contributed by atoms with Gasteiger partial charge in [-0.2, -0.15) is 0 Å². The molecule has 0 aromatic heterocycles. The van der Waals surface area contributed by atoms with Crippen LogP contribution in [0.5, 0.6) is 0 Å². The number of hydrogen-bond acceptors (Lipinski definition) is 2. The van der Waals surface area contributed by atoms with Crippen molar-refractivity contribution in [2.45, 2.75) is 77.7 Å². The van der Waals surface area contributed by atoms with E-state index in [1.54, 1.807) is 0 Å². The molecular weight excluding hydrogens is 198 g/mol. The quantitative estimate of drug-likeness (QED) is 0.546. The number of rotatable bonds is 11. The van der Waals surface area contributed by atoms with Crippen LogP contribution in [0.25, 0.3) is 0 Å². The Morgan fingerprint density at radius 3 is 2.06 bits per heavy atom. The molecule has 0 bridgehead atoms. The molecule has 0 aliphatic rings. The van der Waals surface area contributed by atoms with Gasteiger partial charge in [0.1, 0.15) is 0 Å². The molecule has 0 saturated heterocycles. The van der Waals surface area contributed by atoms with Crippen molar-refractivity contribution in [3.8, 4) is 0 Å². The maximum atomic E-state index is 5.99. The first-order chi connectivity index (χ1) is 7.62. The average molecular weight is 229 g/mol. The van der Waals surface area contributed by atoms with Crippen LogP contribution in [0.3, 0.4) is 0 Å². The molecule has 0 saturated carbocycles. The Kier molecular flexibility index (Phi) is 10.0. The molecule has 2 N–H and O–H groups in total. The topological polar surface area (TPSA) is 35.2 Å². The monoisotopic (exact) mass is 229 g/mol. The van der Waals surface area contributed by atoms with Crippen molar-refractivity contribution in [3.63, 3.8) is 0 Å². The summed E-state index contributed by atoms with van der Waals surface area (Å²) in [5.41, 5.74) is 5.85. The highest BCUT2D eigenvalue weighted by molar-refractivity contribution is 4.75. The van der Waals surface area contributed by atoms with Gasteiger partial charge >= 0.3 is 0 Å². The van der Waals surface area contributed by atoms with Gasteiger partial charge in [-0.05, 0) is 19.8 Å². The highest BCUT2D eigenvalue weighted by Crippen LogP contribution is 2.08. The molecule has 98 valence electrons. The fraction of sp³-hybridized carbons (Fsp3) is 1.00. The minimum Gasteiger partial charge on any atom is -0.380 e. The molecule has 1 atom stereocenters. The first-order valence-corrected chi connectivity index (χ1v) is 6.99. The van der Waals surface area contributed by atoms with Crippen LogP contribution in [-0.2, 0) is 4.74 Å². The van der Waals surface area contributed by atoms with E-state index in [9.17, 15) is 0 Å². The third-order valence-corrected chi connectivity index (χ3v) is 3.13. The van der Waals surface area contributed by atoms with Gasteiger partial charge in [-0.3, -0.25) is 0 Å². The molecular formula is C14H31NO. The molecule has 0 amide bonds. The molecule has 0 rings (SSSR count). The zero-order valence-electron chi connectivity index (χ0n) is 11.6. The normalized spacial score (nSPS) is 15.0.